The third kappa shape index (κ3) is 2.51. The molecule has 0 bridgehead atoms. The van der Waals surface area contributed by atoms with Gasteiger partial charge in [0.2, 0.25) is 5.78 Å². The van der Waals surface area contributed by atoms with E-state index in [1.807, 2.05) is 6.07 Å². The first-order chi connectivity index (χ1) is 12.2. The van der Waals surface area contributed by atoms with Gasteiger partial charge < -0.3 is 9.47 Å². The number of hydrogen-bond acceptors (Lipinski definition) is 4. The van der Waals surface area contributed by atoms with Crippen LogP contribution in [-0.4, -0.2) is 23.5 Å². The van der Waals surface area contributed by atoms with Gasteiger partial charge in [0.25, 0.3) is 0 Å². The second kappa shape index (κ2) is 5.43. The number of rotatable bonds is 2. The highest BCUT2D eigenvalue weighted by molar-refractivity contribution is 6.15. The fraction of sp³-hybridized carbons (Fsp3) is 0.250. The maximum absolute atomic E-state index is 13.4. The van der Waals surface area contributed by atoms with Crippen LogP contribution in [0.4, 0.5) is 4.39 Å². The number of fused-ring (bicyclic) bond motifs is 3. The average Bonchev–Trinajstić information content (AvgIpc) is 3.41. The Balaban J connectivity index is 1.51. The lowest BCUT2D eigenvalue weighted by atomic mass is 10.0. The largest absolute Gasteiger partial charge is 0.478 e. The Labute approximate surface area is 144 Å². The highest BCUT2D eigenvalue weighted by atomic mass is 19.1. The average molecular weight is 337 g/mol. The number of carbonyl (C=O) groups excluding carboxylic acids is 1. The third-order valence-corrected chi connectivity index (χ3v) is 4.85. The molecule has 4 nitrogen and oxygen atoms in total. The Morgan fingerprint density at radius 2 is 2.08 bits per heavy atom. The Morgan fingerprint density at radius 3 is 2.88 bits per heavy atom. The first-order valence-corrected chi connectivity index (χ1v) is 8.41. The molecule has 5 heteroatoms. The summed E-state index contributed by atoms with van der Waals surface area (Å²) in [4.78, 5) is 14.9. The van der Waals surface area contributed by atoms with Gasteiger partial charge in [-0.3, -0.25) is 9.69 Å². The van der Waals surface area contributed by atoms with Crippen molar-refractivity contribution < 1.29 is 18.7 Å². The molecule has 2 aliphatic heterocycles. The highest BCUT2D eigenvalue weighted by Gasteiger charge is 2.37. The van der Waals surface area contributed by atoms with Crippen LogP contribution in [-0.2, 0) is 6.54 Å². The lowest BCUT2D eigenvalue weighted by molar-refractivity contribution is 0.0868. The van der Waals surface area contributed by atoms with Crippen LogP contribution in [0.5, 0.6) is 11.5 Å². The number of hydrogen-bond donors (Lipinski definition) is 0. The molecular formula is C20H16FNO3. The number of ketones is 1. The molecule has 25 heavy (non-hydrogen) atoms. The third-order valence-electron chi connectivity index (χ3n) is 4.85. The van der Waals surface area contributed by atoms with Crippen molar-refractivity contribution in [2.24, 2.45) is 0 Å². The molecule has 2 aromatic rings. The van der Waals surface area contributed by atoms with Gasteiger partial charge in [0, 0.05) is 12.6 Å². The molecule has 0 amide bonds. The van der Waals surface area contributed by atoms with Crippen molar-refractivity contribution >= 4 is 11.9 Å². The summed E-state index contributed by atoms with van der Waals surface area (Å²) in [6, 6.07) is 10.2. The number of allylic oxidation sites excluding steroid dienone is 1. The molecule has 1 fully saturated rings. The standard InChI is InChI=1S/C20H16FNO3/c21-13-3-1-2-12(8-13)9-18-19(23)15-6-7-17-16(20(15)25-18)10-22(11-24-17)14-4-5-14/h1-3,6-9,14H,4-5,10-11H2/b18-9-. The van der Waals surface area contributed by atoms with Crippen LogP contribution < -0.4 is 9.47 Å². The number of Topliss-reactive ketones (excluding diaryl/α,β-unsaturated/α-hetero) is 1. The summed E-state index contributed by atoms with van der Waals surface area (Å²) in [5.41, 5.74) is 2.06. The van der Waals surface area contributed by atoms with E-state index < -0.39 is 0 Å². The molecule has 1 saturated carbocycles. The minimum absolute atomic E-state index is 0.175. The molecular weight excluding hydrogens is 321 g/mol. The van der Waals surface area contributed by atoms with Gasteiger partial charge in [0.15, 0.2) is 5.76 Å². The van der Waals surface area contributed by atoms with Gasteiger partial charge in [-0.05, 0) is 48.7 Å². The predicted molar refractivity (Wildman–Crippen MR) is 89.8 cm³/mol. The van der Waals surface area contributed by atoms with Gasteiger partial charge in [-0.15, -0.1) is 0 Å². The molecule has 2 aromatic carbocycles. The lowest BCUT2D eigenvalue weighted by Gasteiger charge is -2.29. The van der Waals surface area contributed by atoms with Crippen molar-refractivity contribution in [2.45, 2.75) is 25.4 Å². The second-order valence-electron chi connectivity index (χ2n) is 6.67. The van der Waals surface area contributed by atoms with Gasteiger partial charge in [0.05, 0.1) is 11.1 Å². The number of nitrogens with zero attached hydrogens (tertiary/aromatic N) is 1. The molecule has 0 saturated heterocycles. The summed E-state index contributed by atoms with van der Waals surface area (Å²) < 4.78 is 25.1. The Kier molecular flexibility index (Phi) is 3.18. The molecule has 126 valence electrons. The minimum Gasteiger partial charge on any atom is -0.478 e. The van der Waals surface area contributed by atoms with E-state index in [9.17, 15) is 9.18 Å². The molecule has 2 heterocycles. The monoisotopic (exact) mass is 337 g/mol. The summed E-state index contributed by atoms with van der Waals surface area (Å²) in [6.45, 7) is 1.31. The van der Waals surface area contributed by atoms with Crippen molar-refractivity contribution in [1.82, 2.24) is 4.90 Å². The van der Waals surface area contributed by atoms with Crippen molar-refractivity contribution in [1.29, 1.82) is 0 Å². The zero-order chi connectivity index (χ0) is 17.0. The second-order valence-corrected chi connectivity index (χ2v) is 6.67. The van der Waals surface area contributed by atoms with Gasteiger partial charge in [-0.2, -0.15) is 0 Å². The van der Waals surface area contributed by atoms with E-state index >= 15 is 0 Å². The molecule has 3 aliphatic rings. The molecule has 0 unspecified atom stereocenters. The van der Waals surface area contributed by atoms with E-state index in [1.54, 1.807) is 24.3 Å². The number of ether oxygens (including phenoxy) is 2. The van der Waals surface area contributed by atoms with Crippen LogP contribution in [0, 0.1) is 5.82 Å². The van der Waals surface area contributed by atoms with Crippen LogP contribution in [0.2, 0.25) is 0 Å². The smallest absolute Gasteiger partial charge is 0.231 e. The van der Waals surface area contributed by atoms with E-state index in [2.05, 4.69) is 4.90 Å². The van der Waals surface area contributed by atoms with Crippen molar-refractivity contribution in [3.63, 3.8) is 0 Å². The zero-order valence-corrected chi connectivity index (χ0v) is 13.5. The van der Waals surface area contributed by atoms with E-state index in [0.717, 1.165) is 17.9 Å². The fourth-order valence-electron chi connectivity index (χ4n) is 3.40. The molecule has 5 rings (SSSR count). The van der Waals surface area contributed by atoms with Gasteiger partial charge in [0.1, 0.15) is 24.0 Å². The topological polar surface area (TPSA) is 38.8 Å². The fourth-order valence-corrected chi connectivity index (χ4v) is 3.40. The van der Waals surface area contributed by atoms with Crippen molar-refractivity contribution in [3.8, 4) is 11.5 Å². The Bertz CT molecular complexity index is 917. The zero-order valence-electron chi connectivity index (χ0n) is 13.5. The maximum atomic E-state index is 13.4. The highest BCUT2D eigenvalue weighted by Crippen LogP contribution is 2.43. The molecule has 1 aliphatic carbocycles. The molecule has 0 radical (unpaired) electrons. The molecule has 0 aromatic heterocycles. The molecule has 0 spiro atoms. The van der Waals surface area contributed by atoms with Crippen molar-refractivity contribution in [2.75, 3.05) is 6.73 Å². The van der Waals surface area contributed by atoms with E-state index in [1.165, 1.54) is 25.0 Å². The van der Waals surface area contributed by atoms with Crippen LogP contribution in [0.1, 0.15) is 34.3 Å². The van der Waals surface area contributed by atoms with Crippen LogP contribution in [0.3, 0.4) is 0 Å². The predicted octanol–water partition coefficient (Wildman–Crippen LogP) is 3.76. The van der Waals surface area contributed by atoms with Gasteiger partial charge >= 0.3 is 0 Å². The number of benzene rings is 2. The normalized spacial score (nSPS) is 20.8. The summed E-state index contributed by atoms with van der Waals surface area (Å²) in [5.74, 6) is 1.05. The number of carbonyl (C=O) groups is 1. The molecule has 0 N–H and O–H groups in total. The minimum atomic E-state index is -0.344. The first kappa shape index (κ1) is 14.7. The number of halogens is 1. The summed E-state index contributed by atoms with van der Waals surface area (Å²) in [7, 11) is 0. The van der Waals surface area contributed by atoms with E-state index in [4.69, 9.17) is 9.47 Å². The van der Waals surface area contributed by atoms with E-state index in [-0.39, 0.29) is 17.4 Å². The summed E-state index contributed by atoms with van der Waals surface area (Å²) in [5, 5.41) is 0. The van der Waals surface area contributed by atoms with Crippen molar-refractivity contribution in [3.05, 3.63) is 64.7 Å². The maximum Gasteiger partial charge on any atom is 0.231 e. The van der Waals surface area contributed by atoms with Crippen LogP contribution in [0.25, 0.3) is 6.08 Å². The van der Waals surface area contributed by atoms with Crippen LogP contribution >= 0.6 is 0 Å². The summed E-state index contributed by atoms with van der Waals surface area (Å²) in [6.07, 6.45) is 3.97. The van der Waals surface area contributed by atoms with Gasteiger partial charge in [-0.25, -0.2) is 4.39 Å². The summed E-state index contributed by atoms with van der Waals surface area (Å²) >= 11 is 0. The van der Waals surface area contributed by atoms with Gasteiger partial charge in [-0.1, -0.05) is 12.1 Å². The first-order valence-electron chi connectivity index (χ1n) is 8.41. The Morgan fingerprint density at radius 1 is 1.20 bits per heavy atom. The van der Waals surface area contributed by atoms with Crippen LogP contribution in [0.15, 0.2) is 42.2 Å². The lowest BCUT2D eigenvalue weighted by Crippen LogP contribution is -2.33. The van der Waals surface area contributed by atoms with E-state index in [0.29, 0.717) is 29.6 Å². The molecule has 0 atom stereocenters. The SMILES string of the molecule is O=C1/C(=C/c2cccc(F)c2)Oc2c1ccc1c2CN(C2CC2)CO1. The Hall–Kier alpha value is -2.66. The quantitative estimate of drug-likeness (QED) is 0.782.